The SMILES string of the molecule is CCCC(F)/C=C\C(C)CC1CC(C)C1. The van der Waals surface area contributed by atoms with Gasteiger partial charge in [-0.15, -0.1) is 0 Å². The summed E-state index contributed by atoms with van der Waals surface area (Å²) in [4.78, 5) is 0. The number of hydrogen-bond acceptors (Lipinski definition) is 0. The van der Waals surface area contributed by atoms with Gasteiger partial charge in [0.15, 0.2) is 0 Å². The van der Waals surface area contributed by atoms with Crippen LogP contribution in [0.25, 0.3) is 0 Å². The topological polar surface area (TPSA) is 0 Å². The highest BCUT2D eigenvalue weighted by Gasteiger charge is 2.25. The standard InChI is InChI=1S/C14H25F/c1-4-5-14(15)7-6-11(2)8-13-9-12(3)10-13/h6-7,11-14H,4-5,8-10H2,1-3H3/b7-6-. The van der Waals surface area contributed by atoms with Crippen LogP contribution in [0.1, 0.15) is 52.9 Å². The van der Waals surface area contributed by atoms with E-state index in [0.717, 1.165) is 18.3 Å². The van der Waals surface area contributed by atoms with Crippen molar-refractivity contribution < 1.29 is 4.39 Å². The fourth-order valence-electron chi connectivity index (χ4n) is 2.55. The Morgan fingerprint density at radius 2 is 2.00 bits per heavy atom. The van der Waals surface area contributed by atoms with Crippen LogP contribution in [0.5, 0.6) is 0 Å². The zero-order valence-corrected chi connectivity index (χ0v) is 10.4. The van der Waals surface area contributed by atoms with E-state index in [1.54, 1.807) is 6.08 Å². The molecule has 0 spiro atoms. The molecule has 1 heteroatoms. The van der Waals surface area contributed by atoms with Gasteiger partial charge < -0.3 is 0 Å². The first-order valence-electron chi connectivity index (χ1n) is 6.44. The lowest BCUT2D eigenvalue weighted by Crippen LogP contribution is -2.22. The average molecular weight is 212 g/mol. The van der Waals surface area contributed by atoms with Gasteiger partial charge in [0.05, 0.1) is 0 Å². The summed E-state index contributed by atoms with van der Waals surface area (Å²) < 4.78 is 13.2. The van der Waals surface area contributed by atoms with Crippen LogP contribution in [0, 0.1) is 17.8 Å². The Morgan fingerprint density at radius 1 is 1.33 bits per heavy atom. The van der Waals surface area contributed by atoms with Gasteiger partial charge in [0, 0.05) is 0 Å². The monoisotopic (exact) mass is 212 g/mol. The van der Waals surface area contributed by atoms with Crippen LogP contribution in [0.2, 0.25) is 0 Å². The summed E-state index contributed by atoms with van der Waals surface area (Å²) in [7, 11) is 0. The molecular weight excluding hydrogens is 187 g/mol. The van der Waals surface area contributed by atoms with E-state index < -0.39 is 6.17 Å². The van der Waals surface area contributed by atoms with Crippen molar-refractivity contribution in [1.29, 1.82) is 0 Å². The first-order chi connectivity index (χ1) is 7.11. The summed E-state index contributed by atoms with van der Waals surface area (Å²) in [5, 5.41) is 0. The largest absolute Gasteiger partial charge is 0.243 e. The van der Waals surface area contributed by atoms with Crippen molar-refractivity contribution in [2.45, 2.75) is 59.0 Å². The molecule has 1 aliphatic carbocycles. The lowest BCUT2D eigenvalue weighted by Gasteiger charge is -2.34. The van der Waals surface area contributed by atoms with Crippen LogP contribution in [0.4, 0.5) is 4.39 Å². The maximum absolute atomic E-state index is 13.2. The molecule has 1 aliphatic rings. The molecular formula is C14H25F. The van der Waals surface area contributed by atoms with Gasteiger partial charge >= 0.3 is 0 Å². The minimum absolute atomic E-state index is 0.553. The molecule has 0 bridgehead atoms. The molecule has 0 nitrogen and oxygen atoms in total. The first kappa shape index (κ1) is 12.7. The molecule has 1 saturated carbocycles. The van der Waals surface area contributed by atoms with E-state index in [2.05, 4.69) is 19.9 Å². The molecule has 0 N–H and O–H groups in total. The average Bonchev–Trinajstić information content (AvgIpc) is 2.13. The molecule has 0 aromatic rings. The Labute approximate surface area is 94.0 Å². The predicted molar refractivity (Wildman–Crippen MR) is 64.6 cm³/mol. The fourth-order valence-corrected chi connectivity index (χ4v) is 2.55. The highest BCUT2D eigenvalue weighted by molar-refractivity contribution is 4.93. The molecule has 1 rings (SSSR count). The number of allylic oxidation sites excluding steroid dienone is 2. The number of halogens is 1. The molecule has 0 aromatic carbocycles. The van der Waals surface area contributed by atoms with E-state index >= 15 is 0 Å². The molecule has 0 aliphatic heterocycles. The van der Waals surface area contributed by atoms with Crippen molar-refractivity contribution in [1.82, 2.24) is 0 Å². The summed E-state index contributed by atoms with van der Waals surface area (Å²) in [6.07, 6.45) is 8.72. The van der Waals surface area contributed by atoms with Crippen LogP contribution >= 0.6 is 0 Å². The van der Waals surface area contributed by atoms with E-state index in [1.165, 1.54) is 19.3 Å². The maximum Gasteiger partial charge on any atom is 0.118 e. The van der Waals surface area contributed by atoms with E-state index in [0.29, 0.717) is 12.3 Å². The Bertz CT molecular complexity index is 192. The smallest absolute Gasteiger partial charge is 0.118 e. The van der Waals surface area contributed by atoms with E-state index in [-0.39, 0.29) is 0 Å². The molecule has 0 amide bonds. The Balaban J connectivity index is 2.14. The third kappa shape index (κ3) is 4.81. The van der Waals surface area contributed by atoms with Gasteiger partial charge in [-0.2, -0.15) is 0 Å². The van der Waals surface area contributed by atoms with Crippen LogP contribution in [0.3, 0.4) is 0 Å². The van der Waals surface area contributed by atoms with E-state index in [1.807, 2.05) is 6.92 Å². The van der Waals surface area contributed by atoms with Crippen molar-refractivity contribution in [3.05, 3.63) is 12.2 Å². The molecule has 2 unspecified atom stereocenters. The lowest BCUT2D eigenvalue weighted by molar-refractivity contribution is 0.186. The summed E-state index contributed by atoms with van der Waals surface area (Å²) in [6.45, 7) is 6.55. The van der Waals surface area contributed by atoms with Gasteiger partial charge in [0.1, 0.15) is 6.17 Å². The second-order valence-electron chi connectivity index (χ2n) is 5.35. The Hall–Kier alpha value is -0.330. The van der Waals surface area contributed by atoms with Gasteiger partial charge in [-0.1, -0.05) is 39.3 Å². The highest BCUT2D eigenvalue weighted by atomic mass is 19.1. The van der Waals surface area contributed by atoms with Crippen molar-refractivity contribution in [3.8, 4) is 0 Å². The van der Waals surface area contributed by atoms with Crippen LogP contribution in [-0.4, -0.2) is 6.17 Å². The van der Waals surface area contributed by atoms with Gasteiger partial charge in [0.25, 0.3) is 0 Å². The Kier molecular flexibility index (Phi) is 5.35. The van der Waals surface area contributed by atoms with Crippen LogP contribution in [0.15, 0.2) is 12.2 Å². The number of hydrogen-bond donors (Lipinski definition) is 0. The summed E-state index contributed by atoms with van der Waals surface area (Å²) in [5.74, 6) is 2.39. The maximum atomic E-state index is 13.2. The molecule has 0 heterocycles. The van der Waals surface area contributed by atoms with Crippen molar-refractivity contribution >= 4 is 0 Å². The minimum atomic E-state index is -0.724. The van der Waals surface area contributed by atoms with Crippen LogP contribution < -0.4 is 0 Å². The van der Waals surface area contributed by atoms with Crippen LogP contribution in [-0.2, 0) is 0 Å². The summed E-state index contributed by atoms with van der Waals surface area (Å²) in [5.41, 5.74) is 0. The highest BCUT2D eigenvalue weighted by Crippen LogP contribution is 2.37. The quantitative estimate of drug-likeness (QED) is 0.557. The zero-order valence-electron chi connectivity index (χ0n) is 10.4. The van der Waals surface area contributed by atoms with Crippen molar-refractivity contribution in [2.75, 3.05) is 0 Å². The van der Waals surface area contributed by atoms with E-state index in [4.69, 9.17) is 0 Å². The summed E-state index contributed by atoms with van der Waals surface area (Å²) >= 11 is 0. The molecule has 1 fully saturated rings. The fraction of sp³-hybridized carbons (Fsp3) is 0.857. The van der Waals surface area contributed by atoms with Gasteiger partial charge in [0.2, 0.25) is 0 Å². The zero-order chi connectivity index (χ0) is 11.3. The minimum Gasteiger partial charge on any atom is -0.243 e. The molecule has 15 heavy (non-hydrogen) atoms. The lowest BCUT2D eigenvalue weighted by atomic mass is 9.72. The van der Waals surface area contributed by atoms with Crippen molar-refractivity contribution in [3.63, 3.8) is 0 Å². The Morgan fingerprint density at radius 3 is 2.53 bits per heavy atom. The predicted octanol–water partition coefficient (Wildman–Crippen LogP) is 4.75. The second-order valence-corrected chi connectivity index (χ2v) is 5.35. The normalized spacial score (nSPS) is 30.1. The number of rotatable bonds is 6. The van der Waals surface area contributed by atoms with Gasteiger partial charge in [-0.3, -0.25) is 0 Å². The van der Waals surface area contributed by atoms with Gasteiger partial charge in [-0.05, 0) is 43.4 Å². The molecule has 0 saturated heterocycles. The molecule has 88 valence electrons. The third-order valence-corrected chi connectivity index (χ3v) is 3.39. The van der Waals surface area contributed by atoms with E-state index in [9.17, 15) is 4.39 Å². The second kappa shape index (κ2) is 6.30. The first-order valence-corrected chi connectivity index (χ1v) is 6.44. The summed E-state index contributed by atoms with van der Waals surface area (Å²) in [6, 6.07) is 0. The number of alkyl halides is 1. The molecule has 0 radical (unpaired) electrons. The molecule has 0 aromatic heterocycles. The van der Waals surface area contributed by atoms with Gasteiger partial charge in [-0.25, -0.2) is 4.39 Å². The molecule has 2 atom stereocenters. The van der Waals surface area contributed by atoms with Crippen molar-refractivity contribution in [2.24, 2.45) is 17.8 Å². The third-order valence-electron chi connectivity index (χ3n) is 3.39.